The van der Waals surface area contributed by atoms with Crippen molar-refractivity contribution >= 4 is 5.78 Å². The summed E-state index contributed by atoms with van der Waals surface area (Å²) in [7, 11) is 0. The molecule has 1 saturated carbocycles. The van der Waals surface area contributed by atoms with Crippen molar-refractivity contribution in [3.05, 3.63) is 23.3 Å². The van der Waals surface area contributed by atoms with Crippen LogP contribution in [0.15, 0.2) is 23.3 Å². The maximum absolute atomic E-state index is 11.7. The Bertz CT molecular complexity index is 635. The van der Waals surface area contributed by atoms with Gasteiger partial charge in [-0.05, 0) is 55.9 Å². The van der Waals surface area contributed by atoms with Gasteiger partial charge in [-0.15, -0.1) is 6.42 Å². The SMILES string of the molecule is C#C[C@@]1(O)C=C[C@H]2[C@@H]3CCC4=C(CCC(=O)C4)[C@H]3CC[C@@]21C. The number of hydrogen-bond acceptors (Lipinski definition) is 2. The minimum absolute atomic E-state index is 0.217. The summed E-state index contributed by atoms with van der Waals surface area (Å²) in [5, 5.41) is 10.8. The standard InChI is InChI=1S/C20H24O2/c1-3-20(22)11-9-18-17-6-4-13-12-14(21)5-7-15(13)16(17)8-10-19(18,20)2/h1,9,11,16-18,22H,4-8,10,12H2,2H3/t16-,17-,18+,19+,20-/m1/s1. The number of aliphatic hydroxyl groups is 1. The Kier molecular flexibility index (Phi) is 2.97. The fourth-order valence-electron chi connectivity index (χ4n) is 5.75. The first kappa shape index (κ1) is 14.3. The highest BCUT2D eigenvalue weighted by atomic mass is 16.3. The summed E-state index contributed by atoms with van der Waals surface area (Å²) in [5.74, 6) is 4.64. The summed E-state index contributed by atoms with van der Waals surface area (Å²) < 4.78 is 0. The summed E-state index contributed by atoms with van der Waals surface area (Å²) in [5.41, 5.74) is 1.73. The number of Topliss-reactive ketones (excluding diaryl/α,β-unsaturated/α-hetero) is 1. The maximum Gasteiger partial charge on any atom is 0.149 e. The second-order valence-electron chi connectivity index (χ2n) is 7.91. The molecule has 2 heteroatoms. The van der Waals surface area contributed by atoms with Gasteiger partial charge in [0.25, 0.3) is 0 Å². The van der Waals surface area contributed by atoms with Gasteiger partial charge in [-0.3, -0.25) is 4.79 Å². The highest BCUT2D eigenvalue weighted by Gasteiger charge is 2.58. The molecule has 5 atom stereocenters. The molecule has 116 valence electrons. The lowest BCUT2D eigenvalue weighted by Gasteiger charge is -2.53. The van der Waals surface area contributed by atoms with Crippen molar-refractivity contribution in [2.75, 3.05) is 0 Å². The van der Waals surface area contributed by atoms with Crippen molar-refractivity contribution < 1.29 is 9.90 Å². The number of fused-ring (bicyclic) bond motifs is 4. The molecule has 0 aromatic rings. The molecule has 22 heavy (non-hydrogen) atoms. The average molecular weight is 296 g/mol. The molecule has 0 aromatic carbocycles. The second kappa shape index (κ2) is 4.59. The van der Waals surface area contributed by atoms with Gasteiger partial charge in [0.2, 0.25) is 0 Å². The van der Waals surface area contributed by atoms with Crippen LogP contribution in [0.1, 0.15) is 51.9 Å². The first-order valence-electron chi connectivity index (χ1n) is 8.60. The lowest BCUT2D eigenvalue weighted by molar-refractivity contribution is -0.119. The van der Waals surface area contributed by atoms with Gasteiger partial charge in [0, 0.05) is 18.3 Å². The zero-order valence-corrected chi connectivity index (χ0v) is 13.3. The van der Waals surface area contributed by atoms with Gasteiger partial charge >= 0.3 is 0 Å². The van der Waals surface area contributed by atoms with E-state index in [9.17, 15) is 9.90 Å². The number of rotatable bonds is 0. The quantitative estimate of drug-likeness (QED) is 0.549. The molecular weight excluding hydrogens is 272 g/mol. The minimum atomic E-state index is -1.08. The fraction of sp³-hybridized carbons (Fsp3) is 0.650. The van der Waals surface area contributed by atoms with Crippen molar-refractivity contribution in [2.45, 2.75) is 57.5 Å². The molecule has 4 aliphatic carbocycles. The third-order valence-electron chi connectivity index (χ3n) is 7.09. The molecule has 0 radical (unpaired) electrons. The van der Waals surface area contributed by atoms with E-state index >= 15 is 0 Å². The van der Waals surface area contributed by atoms with Gasteiger partial charge < -0.3 is 5.11 Å². The molecule has 2 nitrogen and oxygen atoms in total. The predicted octanol–water partition coefficient (Wildman–Crippen LogP) is 3.41. The lowest BCUT2D eigenvalue weighted by Crippen LogP contribution is -2.51. The molecule has 1 N–H and O–H groups in total. The molecule has 0 heterocycles. The Hall–Kier alpha value is -1.33. The van der Waals surface area contributed by atoms with E-state index in [4.69, 9.17) is 6.42 Å². The van der Waals surface area contributed by atoms with Crippen molar-refractivity contribution in [3.63, 3.8) is 0 Å². The molecule has 0 saturated heterocycles. The molecule has 1 fully saturated rings. The van der Waals surface area contributed by atoms with E-state index in [1.54, 1.807) is 5.57 Å². The van der Waals surface area contributed by atoms with Crippen LogP contribution < -0.4 is 0 Å². The number of terminal acetylenes is 1. The third-order valence-corrected chi connectivity index (χ3v) is 7.09. The van der Waals surface area contributed by atoms with Gasteiger partial charge in [-0.2, -0.15) is 0 Å². The smallest absolute Gasteiger partial charge is 0.149 e. The first-order valence-corrected chi connectivity index (χ1v) is 8.60. The van der Waals surface area contributed by atoms with Crippen LogP contribution in [0.3, 0.4) is 0 Å². The molecule has 4 rings (SSSR count). The summed E-state index contributed by atoms with van der Waals surface area (Å²) >= 11 is 0. The average Bonchev–Trinajstić information content (AvgIpc) is 2.79. The van der Waals surface area contributed by atoms with Crippen LogP contribution in [0.5, 0.6) is 0 Å². The molecular formula is C20H24O2. The monoisotopic (exact) mass is 296 g/mol. The van der Waals surface area contributed by atoms with Gasteiger partial charge in [0.15, 0.2) is 0 Å². The van der Waals surface area contributed by atoms with Crippen molar-refractivity contribution in [2.24, 2.45) is 23.2 Å². The van der Waals surface area contributed by atoms with Crippen molar-refractivity contribution in [1.29, 1.82) is 0 Å². The minimum Gasteiger partial charge on any atom is -0.373 e. The maximum atomic E-state index is 11.7. The van der Waals surface area contributed by atoms with Gasteiger partial charge in [0.05, 0.1) is 0 Å². The van der Waals surface area contributed by atoms with Crippen LogP contribution in [-0.4, -0.2) is 16.5 Å². The van der Waals surface area contributed by atoms with E-state index in [-0.39, 0.29) is 5.41 Å². The lowest BCUT2D eigenvalue weighted by atomic mass is 9.52. The van der Waals surface area contributed by atoms with E-state index in [0.717, 1.165) is 38.5 Å². The van der Waals surface area contributed by atoms with Crippen LogP contribution in [0.2, 0.25) is 0 Å². The molecule has 0 spiro atoms. The molecule has 0 bridgehead atoms. The summed E-state index contributed by atoms with van der Waals surface area (Å²) in [4.78, 5) is 11.7. The van der Waals surface area contributed by atoms with E-state index in [1.807, 2.05) is 6.08 Å². The van der Waals surface area contributed by atoms with E-state index < -0.39 is 5.60 Å². The summed E-state index contributed by atoms with van der Waals surface area (Å²) in [6.45, 7) is 2.17. The number of ketones is 1. The Morgan fingerprint density at radius 2 is 2.14 bits per heavy atom. The Balaban J connectivity index is 1.69. The van der Waals surface area contributed by atoms with E-state index in [0.29, 0.717) is 30.0 Å². The van der Waals surface area contributed by atoms with Crippen LogP contribution in [0.4, 0.5) is 0 Å². The van der Waals surface area contributed by atoms with E-state index in [1.165, 1.54) is 5.57 Å². The van der Waals surface area contributed by atoms with E-state index in [2.05, 4.69) is 18.9 Å². The third kappa shape index (κ3) is 1.69. The highest BCUT2D eigenvalue weighted by Crippen LogP contribution is 2.61. The van der Waals surface area contributed by atoms with Crippen LogP contribution in [-0.2, 0) is 4.79 Å². The Morgan fingerprint density at radius 1 is 1.32 bits per heavy atom. The van der Waals surface area contributed by atoms with Crippen LogP contribution >= 0.6 is 0 Å². The normalized spacial score (nSPS) is 46.8. The number of carbonyl (C=O) groups excluding carboxylic acids is 1. The number of carbonyl (C=O) groups is 1. The summed E-state index contributed by atoms with van der Waals surface area (Å²) in [6.07, 6.45) is 16.4. The zero-order chi connectivity index (χ0) is 15.5. The molecule has 0 aromatic heterocycles. The highest BCUT2D eigenvalue weighted by molar-refractivity contribution is 5.82. The van der Waals surface area contributed by atoms with Crippen molar-refractivity contribution in [3.8, 4) is 12.3 Å². The predicted molar refractivity (Wildman–Crippen MR) is 85.9 cm³/mol. The molecule has 0 aliphatic heterocycles. The molecule has 0 unspecified atom stereocenters. The van der Waals surface area contributed by atoms with Crippen LogP contribution in [0, 0.1) is 35.5 Å². The van der Waals surface area contributed by atoms with Gasteiger partial charge in [-0.25, -0.2) is 0 Å². The molecule has 0 amide bonds. The first-order chi connectivity index (χ1) is 10.5. The Morgan fingerprint density at radius 3 is 2.91 bits per heavy atom. The zero-order valence-electron chi connectivity index (χ0n) is 13.3. The van der Waals surface area contributed by atoms with Crippen molar-refractivity contribution in [1.82, 2.24) is 0 Å². The second-order valence-corrected chi connectivity index (χ2v) is 7.91. The number of hydrogen-bond donors (Lipinski definition) is 1. The van der Waals surface area contributed by atoms with Crippen LogP contribution in [0.25, 0.3) is 0 Å². The largest absolute Gasteiger partial charge is 0.373 e. The topological polar surface area (TPSA) is 37.3 Å². The molecule has 4 aliphatic rings. The Labute approximate surface area is 132 Å². The fourth-order valence-corrected chi connectivity index (χ4v) is 5.75. The van der Waals surface area contributed by atoms with Gasteiger partial charge in [-0.1, -0.05) is 30.1 Å². The number of allylic oxidation sites excluding steroid dienone is 3. The van der Waals surface area contributed by atoms with Gasteiger partial charge in [0.1, 0.15) is 11.4 Å². The summed E-state index contributed by atoms with van der Waals surface area (Å²) in [6, 6.07) is 0.